The maximum atomic E-state index is 14.5. The molecule has 0 bridgehead atoms. The number of amides is 1. The van der Waals surface area contributed by atoms with E-state index in [1.807, 2.05) is 0 Å². The van der Waals surface area contributed by atoms with Gasteiger partial charge in [-0.25, -0.2) is 14.3 Å². The smallest absolute Gasteiger partial charge is 0.381 e. The number of nitrogens with one attached hydrogen (secondary N) is 2. The zero-order chi connectivity index (χ0) is 21.9. The van der Waals surface area contributed by atoms with E-state index in [2.05, 4.69) is 32.7 Å². The van der Waals surface area contributed by atoms with Gasteiger partial charge in [0.1, 0.15) is 6.61 Å². The molecule has 2 aromatic rings. The van der Waals surface area contributed by atoms with Gasteiger partial charge in [-0.05, 0) is 59.3 Å². The second-order valence-electron chi connectivity index (χ2n) is 5.79. The molecule has 3 N–H and O–H groups in total. The normalized spacial score (nSPS) is 12.6. The summed E-state index contributed by atoms with van der Waals surface area (Å²) in [6.45, 7) is 0.391. The third kappa shape index (κ3) is 5.90. The van der Waals surface area contributed by atoms with Crippen LogP contribution in [0.4, 0.5) is 33.3 Å². The second-order valence-corrected chi connectivity index (χ2v) is 7.45. The summed E-state index contributed by atoms with van der Waals surface area (Å²) in [6, 6.07) is 5.79. The molecule has 0 radical (unpaired) electrons. The summed E-state index contributed by atoms with van der Waals surface area (Å²) in [5, 5.41) is 10.7. The first kappa shape index (κ1) is 23.6. The number of hydrogen-bond donors (Lipinski definition) is 3. The number of anilines is 2. The Morgan fingerprint density at radius 1 is 1.28 bits per heavy atom. The molecule has 1 amide bonds. The predicted molar refractivity (Wildman–Crippen MR) is 104 cm³/mol. The van der Waals surface area contributed by atoms with Gasteiger partial charge >= 0.3 is 6.18 Å². The Morgan fingerprint density at radius 2 is 1.93 bits per heavy atom. The van der Waals surface area contributed by atoms with E-state index >= 15 is 0 Å². The van der Waals surface area contributed by atoms with Crippen LogP contribution in [0.15, 0.2) is 24.3 Å². The summed E-state index contributed by atoms with van der Waals surface area (Å²) in [5.41, 5.74) is 1.54. The molecule has 0 aromatic heterocycles. The van der Waals surface area contributed by atoms with Crippen LogP contribution in [0.1, 0.15) is 15.9 Å². The fourth-order valence-corrected chi connectivity index (χ4v) is 2.97. The number of halogens is 7. The minimum absolute atomic E-state index is 0.355. The maximum absolute atomic E-state index is 14.5. The molecular weight excluding hydrogens is 538 g/mol. The standard InChI is InChI=1S/C17H13ClF5IN2O3/c1-7-4-8(24)2-3-11(7)25-15-9(5-10(18)13(19)14(15)20)16(28)26-29-6-12(27)17(21,22)23/h2-5,12,25,27H,6H2,1H3,(H,26,28). The van der Waals surface area contributed by atoms with Gasteiger partial charge in [-0.1, -0.05) is 11.6 Å². The van der Waals surface area contributed by atoms with E-state index < -0.39 is 52.7 Å². The molecule has 1 unspecified atom stereocenters. The Balaban J connectivity index is 2.30. The van der Waals surface area contributed by atoms with Gasteiger partial charge in [0.05, 0.1) is 16.3 Å². The molecule has 0 spiro atoms. The molecule has 12 heteroatoms. The number of alkyl halides is 3. The number of aliphatic hydroxyl groups is 1. The van der Waals surface area contributed by atoms with Gasteiger partial charge in [-0.2, -0.15) is 13.2 Å². The minimum atomic E-state index is -4.95. The Morgan fingerprint density at radius 3 is 2.52 bits per heavy atom. The van der Waals surface area contributed by atoms with Crippen molar-refractivity contribution in [3.05, 3.63) is 55.6 Å². The largest absolute Gasteiger partial charge is 0.416 e. The quantitative estimate of drug-likeness (QED) is 0.208. The summed E-state index contributed by atoms with van der Waals surface area (Å²) >= 11 is 7.63. The number of benzene rings is 2. The molecule has 0 aliphatic carbocycles. The Labute approximate surface area is 180 Å². The van der Waals surface area contributed by atoms with Gasteiger partial charge in [0.2, 0.25) is 0 Å². The van der Waals surface area contributed by atoms with Crippen molar-refractivity contribution in [1.82, 2.24) is 5.48 Å². The van der Waals surface area contributed by atoms with E-state index in [0.717, 1.165) is 9.64 Å². The highest BCUT2D eigenvalue weighted by atomic mass is 127. The number of hydrogen-bond acceptors (Lipinski definition) is 4. The lowest BCUT2D eigenvalue weighted by molar-refractivity contribution is -0.221. The summed E-state index contributed by atoms with van der Waals surface area (Å²) in [4.78, 5) is 16.6. The monoisotopic (exact) mass is 550 g/mol. The Bertz CT molecular complexity index is 927. The zero-order valence-electron chi connectivity index (χ0n) is 14.5. The van der Waals surface area contributed by atoms with Crippen molar-refractivity contribution in [2.45, 2.75) is 19.2 Å². The lowest BCUT2D eigenvalue weighted by Crippen LogP contribution is -2.36. The number of hydroxylamine groups is 1. The van der Waals surface area contributed by atoms with Crippen molar-refractivity contribution in [2.75, 3.05) is 11.9 Å². The van der Waals surface area contributed by atoms with Crippen LogP contribution < -0.4 is 10.8 Å². The van der Waals surface area contributed by atoms with Crippen LogP contribution >= 0.6 is 34.2 Å². The highest BCUT2D eigenvalue weighted by Crippen LogP contribution is 2.32. The van der Waals surface area contributed by atoms with Crippen molar-refractivity contribution in [1.29, 1.82) is 0 Å². The van der Waals surface area contributed by atoms with Gasteiger partial charge in [-0.3, -0.25) is 9.63 Å². The van der Waals surface area contributed by atoms with Crippen molar-refractivity contribution < 1.29 is 36.7 Å². The molecule has 29 heavy (non-hydrogen) atoms. The molecule has 1 atom stereocenters. The number of rotatable bonds is 6. The van der Waals surface area contributed by atoms with Gasteiger partial charge < -0.3 is 10.4 Å². The first-order valence-corrected chi connectivity index (χ1v) is 9.25. The average molecular weight is 551 g/mol. The Kier molecular flexibility index (Phi) is 7.65. The van der Waals surface area contributed by atoms with Crippen molar-refractivity contribution >= 4 is 51.5 Å². The zero-order valence-corrected chi connectivity index (χ0v) is 17.4. The van der Waals surface area contributed by atoms with Crippen LogP contribution in [0.25, 0.3) is 0 Å². The van der Waals surface area contributed by atoms with Gasteiger partial charge in [0.25, 0.3) is 5.91 Å². The van der Waals surface area contributed by atoms with Crippen LogP contribution in [-0.4, -0.2) is 29.9 Å². The number of aryl methyl sites for hydroxylation is 1. The van der Waals surface area contributed by atoms with Crippen LogP contribution in [0.3, 0.4) is 0 Å². The lowest BCUT2D eigenvalue weighted by Gasteiger charge is -2.17. The second kappa shape index (κ2) is 9.41. The molecule has 2 aromatic carbocycles. The fraction of sp³-hybridized carbons (Fsp3) is 0.235. The van der Waals surface area contributed by atoms with E-state index in [4.69, 9.17) is 16.7 Å². The summed E-state index contributed by atoms with van der Waals surface area (Å²) in [7, 11) is 0. The highest BCUT2D eigenvalue weighted by molar-refractivity contribution is 14.1. The average Bonchev–Trinajstić information content (AvgIpc) is 2.62. The number of carbonyl (C=O) groups excluding carboxylic acids is 1. The van der Waals surface area contributed by atoms with Crippen LogP contribution in [0.2, 0.25) is 5.02 Å². The third-order valence-electron chi connectivity index (χ3n) is 3.64. The molecule has 0 saturated heterocycles. The van der Waals surface area contributed by atoms with E-state index in [1.165, 1.54) is 0 Å². The molecule has 2 rings (SSSR count). The molecular formula is C17H13ClF5IN2O3. The molecule has 0 heterocycles. The first-order valence-electron chi connectivity index (χ1n) is 7.79. The number of carbonyl (C=O) groups is 1. The van der Waals surface area contributed by atoms with Gasteiger partial charge in [0.15, 0.2) is 17.7 Å². The van der Waals surface area contributed by atoms with Crippen molar-refractivity contribution in [2.24, 2.45) is 0 Å². The molecule has 0 fully saturated rings. The Hall–Kier alpha value is -1.70. The number of aliphatic hydroxyl groups excluding tert-OH is 1. The topological polar surface area (TPSA) is 70.6 Å². The minimum Gasteiger partial charge on any atom is -0.381 e. The van der Waals surface area contributed by atoms with E-state index in [9.17, 15) is 26.7 Å². The lowest BCUT2D eigenvalue weighted by atomic mass is 10.1. The third-order valence-corrected chi connectivity index (χ3v) is 4.58. The molecule has 0 saturated carbocycles. The van der Waals surface area contributed by atoms with E-state index in [-0.39, 0.29) is 0 Å². The summed E-state index contributed by atoms with van der Waals surface area (Å²) in [6.07, 6.45) is -7.80. The van der Waals surface area contributed by atoms with Crippen LogP contribution in [-0.2, 0) is 4.84 Å². The van der Waals surface area contributed by atoms with Gasteiger partial charge in [-0.15, -0.1) is 0 Å². The van der Waals surface area contributed by atoms with E-state index in [0.29, 0.717) is 11.3 Å². The molecule has 0 aliphatic rings. The van der Waals surface area contributed by atoms with E-state index in [1.54, 1.807) is 30.6 Å². The van der Waals surface area contributed by atoms with Crippen molar-refractivity contribution in [3.8, 4) is 0 Å². The van der Waals surface area contributed by atoms with Gasteiger partial charge in [0, 0.05) is 9.26 Å². The van der Waals surface area contributed by atoms with Crippen LogP contribution in [0, 0.1) is 22.1 Å². The summed E-state index contributed by atoms with van der Waals surface area (Å²) in [5.74, 6) is -4.08. The maximum Gasteiger partial charge on any atom is 0.416 e. The first-order chi connectivity index (χ1) is 13.4. The SMILES string of the molecule is Cc1cc(I)ccc1Nc1c(C(=O)NOCC(O)C(F)(F)F)cc(Cl)c(F)c1F. The predicted octanol–water partition coefficient (Wildman–Crippen LogP) is 4.86. The molecule has 158 valence electrons. The molecule has 0 aliphatic heterocycles. The summed E-state index contributed by atoms with van der Waals surface area (Å²) < 4.78 is 66.0. The fourth-order valence-electron chi connectivity index (χ4n) is 2.13. The van der Waals surface area contributed by atoms with Crippen LogP contribution in [0.5, 0.6) is 0 Å². The molecule has 5 nitrogen and oxygen atoms in total. The highest BCUT2D eigenvalue weighted by Gasteiger charge is 2.38. The van der Waals surface area contributed by atoms with Crippen molar-refractivity contribution in [3.63, 3.8) is 0 Å².